The molecule has 0 aliphatic heterocycles. The smallest absolute Gasteiger partial charge is 0.257 e. The lowest BCUT2D eigenvalue weighted by Crippen LogP contribution is -2.44. The molecule has 2 aromatic rings. The van der Waals surface area contributed by atoms with Crippen molar-refractivity contribution in [2.24, 2.45) is 5.92 Å². The molecule has 33 heavy (non-hydrogen) atoms. The summed E-state index contributed by atoms with van der Waals surface area (Å²) in [6.45, 7) is 4.28. The van der Waals surface area contributed by atoms with Crippen LogP contribution in [0.2, 0.25) is 0 Å². The van der Waals surface area contributed by atoms with Crippen LogP contribution in [0.4, 0.5) is 5.69 Å². The number of rotatable bonds is 14. The number of para-hydroxylation sites is 1. The number of anilines is 1. The molecule has 4 N–H and O–H groups in total. The first-order valence-corrected chi connectivity index (χ1v) is 12.6. The third-order valence-electron chi connectivity index (χ3n) is 5.05. The molecule has 0 heterocycles. The van der Waals surface area contributed by atoms with E-state index in [1.54, 1.807) is 24.3 Å². The molecule has 2 aromatic carbocycles. The van der Waals surface area contributed by atoms with E-state index >= 15 is 0 Å². The Morgan fingerprint density at radius 1 is 1.09 bits per heavy atom. The number of nitrogens with two attached hydrogens (primary N) is 1. The van der Waals surface area contributed by atoms with Gasteiger partial charge in [0.1, 0.15) is 5.75 Å². The molecule has 0 saturated carbocycles. The van der Waals surface area contributed by atoms with E-state index in [0.717, 1.165) is 0 Å². The summed E-state index contributed by atoms with van der Waals surface area (Å²) in [7, 11) is -3.78. The molecule has 0 radical (unpaired) electrons. The molecule has 0 aliphatic carbocycles. The highest BCUT2D eigenvalue weighted by atomic mass is 32.2. The number of aliphatic hydroxyl groups excluding tert-OH is 1. The molecule has 1 amide bonds. The van der Waals surface area contributed by atoms with Crippen molar-refractivity contribution in [1.82, 2.24) is 9.62 Å². The first kappa shape index (κ1) is 26.6. The highest BCUT2D eigenvalue weighted by Gasteiger charge is 2.31. The van der Waals surface area contributed by atoms with Crippen LogP contribution in [-0.2, 0) is 14.8 Å². The van der Waals surface area contributed by atoms with Crippen molar-refractivity contribution >= 4 is 21.6 Å². The van der Waals surface area contributed by atoms with Crippen LogP contribution in [-0.4, -0.2) is 56.1 Å². The Balaban J connectivity index is 1.86. The molecule has 0 bridgehead atoms. The van der Waals surface area contributed by atoms with Gasteiger partial charge >= 0.3 is 0 Å². The Labute approximate surface area is 196 Å². The van der Waals surface area contributed by atoms with E-state index in [1.807, 2.05) is 32.0 Å². The number of sulfonamides is 1. The minimum absolute atomic E-state index is 0.0642. The third-order valence-corrected chi connectivity index (χ3v) is 6.98. The summed E-state index contributed by atoms with van der Waals surface area (Å²) >= 11 is 0. The summed E-state index contributed by atoms with van der Waals surface area (Å²) in [4.78, 5) is 12.1. The van der Waals surface area contributed by atoms with Crippen molar-refractivity contribution in [1.29, 1.82) is 0 Å². The molecule has 182 valence electrons. The topological polar surface area (TPSA) is 122 Å². The normalized spacial score (nSPS) is 12.6. The molecule has 2 rings (SSSR count). The van der Waals surface area contributed by atoms with Crippen LogP contribution >= 0.6 is 0 Å². The van der Waals surface area contributed by atoms with Crippen LogP contribution in [0.5, 0.6) is 5.75 Å². The fourth-order valence-corrected chi connectivity index (χ4v) is 5.16. The number of carbonyl (C=O) groups is 1. The van der Waals surface area contributed by atoms with Gasteiger partial charge in [-0.05, 0) is 55.2 Å². The number of amides is 1. The van der Waals surface area contributed by atoms with E-state index in [1.165, 1.54) is 16.4 Å². The first-order chi connectivity index (χ1) is 15.7. The van der Waals surface area contributed by atoms with Gasteiger partial charge in [-0.15, -0.1) is 0 Å². The van der Waals surface area contributed by atoms with Gasteiger partial charge in [-0.3, -0.25) is 4.79 Å². The molecule has 0 spiro atoms. The summed E-state index contributed by atoms with van der Waals surface area (Å²) < 4.78 is 33.3. The molecule has 0 aliphatic rings. The molecule has 9 heteroatoms. The number of hydrogen-bond donors (Lipinski definition) is 3. The maximum absolute atomic E-state index is 13.2. The van der Waals surface area contributed by atoms with Crippen molar-refractivity contribution in [3.8, 4) is 5.75 Å². The zero-order chi connectivity index (χ0) is 24.3. The van der Waals surface area contributed by atoms with E-state index in [-0.39, 0.29) is 29.9 Å². The van der Waals surface area contributed by atoms with Gasteiger partial charge in [0.2, 0.25) is 10.0 Å². The van der Waals surface area contributed by atoms with E-state index in [0.29, 0.717) is 43.8 Å². The molecule has 0 unspecified atom stereocenters. The van der Waals surface area contributed by atoms with E-state index in [9.17, 15) is 18.3 Å². The second-order valence-corrected chi connectivity index (χ2v) is 10.2. The summed E-state index contributed by atoms with van der Waals surface area (Å²) in [6.07, 6.45) is 1.79. The number of unbranched alkanes of at least 4 members (excludes halogenated alkanes) is 1. The molecule has 1 atom stereocenters. The Hall–Kier alpha value is -2.62. The number of benzene rings is 2. The standard InChI is InChI=1S/C24H35N3O5S/c1-19(2)16-27(33(30,31)23-13-11-20(25)12-14-23)21(17-28)8-6-7-15-26-24(29)18-32-22-9-4-3-5-10-22/h3-5,9-14,19,21,28H,6-8,15-18,25H2,1-2H3,(H,26,29)/t21-/m0/s1. The summed E-state index contributed by atoms with van der Waals surface area (Å²) in [5.74, 6) is 0.502. The summed E-state index contributed by atoms with van der Waals surface area (Å²) in [5, 5.41) is 12.8. The van der Waals surface area contributed by atoms with Crippen molar-refractivity contribution in [2.75, 3.05) is 32.0 Å². The summed E-state index contributed by atoms with van der Waals surface area (Å²) in [5.41, 5.74) is 6.18. The molecule has 0 aromatic heterocycles. The highest BCUT2D eigenvalue weighted by Crippen LogP contribution is 2.23. The number of nitrogen functional groups attached to an aromatic ring is 1. The Kier molecular flexibility index (Phi) is 10.6. The average Bonchev–Trinajstić information content (AvgIpc) is 2.79. The second kappa shape index (κ2) is 13.2. The van der Waals surface area contributed by atoms with E-state index < -0.39 is 16.1 Å². The zero-order valence-corrected chi connectivity index (χ0v) is 20.1. The van der Waals surface area contributed by atoms with Crippen LogP contribution in [0.1, 0.15) is 33.1 Å². The van der Waals surface area contributed by atoms with Gasteiger partial charge < -0.3 is 20.9 Å². The fraction of sp³-hybridized carbons (Fsp3) is 0.458. The van der Waals surface area contributed by atoms with Crippen LogP contribution in [0, 0.1) is 5.92 Å². The first-order valence-electron chi connectivity index (χ1n) is 11.2. The average molecular weight is 478 g/mol. The Morgan fingerprint density at radius 3 is 2.36 bits per heavy atom. The van der Waals surface area contributed by atoms with Gasteiger partial charge in [-0.1, -0.05) is 38.5 Å². The third kappa shape index (κ3) is 8.68. The monoisotopic (exact) mass is 477 g/mol. The maximum atomic E-state index is 13.2. The molecular formula is C24H35N3O5S. The van der Waals surface area contributed by atoms with Gasteiger partial charge in [0, 0.05) is 24.8 Å². The van der Waals surface area contributed by atoms with Crippen molar-refractivity contribution in [3.05, 3.63) is 54.6 Å². The van der Waals surface area contributed by atoms with Crippen molar-refractivity contribution < 1.29 is 23.1 Å². The van der Waals surface area contributed by atoms with Gasteiger partial charge in [0.05, 0.1) is 11.5 Å². The highest BCUT2D eigenvalue weighted by molar-refractivity contribution is 7.89. The van der Waals surface area contributed by atoms with Gasteiger partial charge in [-0.25, -0.2) is 8.42 Å². The van der Waals surface area contributed by atoms with E-state index in [4.69, 9.17) is 10.5 Å². The van der Waals surface area contributed by atoms with Crippen molar-refractivity contribution in [3.63, 3.8) is 0 Å². The molecular weight excluding hydrogens is 442 g/mol. The predicted octanol–water partition coefficient (Wildman–Crippen LogP) is 2.64. The Bertz CT molecular complexity index is 950. The molecule has 0 fully saturated rings. The van der Waals surface area contributed by atoms with Gasteiger partial charge in [0.15, 0.2) is 6.61 Å². The quantitative estimate of drug-likeness (QED) is 0.284. The van der Waals surface area contributed by atoms with Crippen molar-refractivity contribution in [2.45, 2.75) is 44.0 Å². The lowest BCUT2D eigenvalue weighted by atomic mass is 10.1. The SMILES string of the molecule is CC(C)CN([C@H](CO)CCCCNC(=O)COc1ccccc1)S(=O)(=O)c1ccc(N)cc1. The number of ether oxygens (including phenoxy) is 1. The number of nitrogens with zero attached hydrogens (tertiary/aromatic N) is 1. The fourth-order valence-electron chi connectivity index (χ4n) is 3.35. The van der Waals surface area contributed by atoms with Crippen LogP contribution in [0.15, 0.2) is 59.5 Å². The second-order valence-electron chi connectivity index (χ2n) is 8.32. The molecule has 8 nitrogen and oxygen atoms in total. The largest absolute Gasteiger partial charge is 0.484 e. The minimum atomic E-state index is -3.78. The lowest BCUT2D eigenvalue weighted by molar-refractivity contribution is -0.123. The van der Waals surface area contributed by atoms with E-state index in [2.05, 4.69) is 5.32 Å². The number of aliphatic hydroxyl groups is 1. The number of hydrogen-bond acceptors (Lipinski definition) is 6. The number of nitrogens with one attached hydrogen (secondary N) is 1. The summed E-state index contributed by atoms with van der Waals surface area (Å²) in [6, 6.07) is 14.6. The van der Waals surface area contributed by atoms with Gasteiger partial charge in [-0.2, -0.15) is 4.31 Å². The minimum Gasteiger partial charge on any atom is -0.484 e. The van der Waals surface area contributed by atoms with Crippen LogP contribution in [0.25, 0.3) is 0 Å². The Morgan fingerprint density at radius 2 is 1.76 bits per heavy atom. The van der Waals surface area contributed by atoms with Crippen LogP contribution < -0.4 is 15.8 Å². The maximum Gasteiger partial charge on any atom is 0.257 e. The lowest BCUT2D eigenvalue weighted by Gasteiger charge is -2.31. The predicted molar refractivity (Wildman–Crippen MR) is 129 cm³/mol. The van der Waals surface area contributed by atoms with Gasteiger partial charge in [0.25, 0.3) is 5.91 Å². The zero-order valence-electron chi connectivity index (χ0n) is 19.3. The molecule has 0 saturated heterocycles. The van der Waals surface area contributed by atoms with Crippen LogP contribution in [0.3, 0.4) is 0 Å². The number of carbonyl (C=O) groups excluding carboxylic acids is 1.